The van der Waals surface area contributed by atoms with Crippen molar-refractivity contribution in [1.82, 2.24) is 15.1 Å². The third-order valence-corrected chi connectivity index (χ3v) is 5.43. The van der Waals surface area contributed by atoms with Gasteiger partial charge in [-0.2, -0.15) is 0 Å². The van der Waals surface area contributed by atoms with Gasteiger partial charge in [-0.05, 0) is 51.9 Å². The van der Waals surface area contributed by atoms with E-state index in [0.717, 1.165) is 6.54 Å². The van der Waals surface area contributed by atoms with Gasteiger partial charge in [-0.1, -0.05) is 6.92 Å². The van der Waals surface area contributed by atoms with Crippen molar-refractivity contribution in [2.24, 2.45) is 5.92 Å². The topological polar surface area (TPSA) is 83.1 Å². The average Bonchev–Trinajstić information content (AvgIpc) is 2.68. The Morgan fingerprint density at radius 1 is 1.23 bits per heavy atom. The Morgan fingerprint density at radius 3 is 2.57 bits per heavy atom. The summed E-state index contributed by atoms with van der Waals surface area (Å²) in [6.07, 6.45) is -0.0875. The van der Waals surface area contributed by atoms with Crippen LogP contribution in [0.1, 0.15) is 38.1 Å². The van der Waals surface area contributed by atoms with Crippen LogP contribution in [0.3, 0.4) is 0 Å². The minimum absolute atomic E-state index is 0.0110. The van der Waals surface area contributed by atoms with Crippen molar-refractivity contribution in [1.29, 1.82) is 0 Å². The van der Waals surface area contributed by atoms with Crippen molar-refractivity contribution >= 4 is 17.6 Å². The Hall–Kier alpha value is -2.32. The summed E-state index contributed by atoms with van der Waals surface area (Å²) >= 11 is 0. The van der Waals surface area contributed by atoms with Crippen molar-refractivity contribution in [3.63, 3.8) is 0 Å². The van der Waals surface area contributed by atoms with Crippen LogP contribution < -0.4 is 15.4 Å². The molecule has 0 unspecified atom stereocenters. The zero-order valence-corrected chi connectivity index (χ0v) is 19.2. The van der Waals surface area contributed by atoms with E-state index in [0.29, 0.717) is 30.2 Å². The number of methoxy groups -OCH3 is 1. The summed E-state index contributed by atoms with van der Waals surface area (Å²) in [5.41, 5.74) is 0.948. The molecule has 0 radical (unpaired) electrons. The Kier molecular flexibility index (Phi) is 8.49. The van der Waals surface area contributed by atoms with Crippen LogP contribution in [0.15, 0.2) is 18.2 Å². The number of hydrogen-bond donors (Lipinski definition) is 2. The zero-order valence-electron chi connectivity index (χ0n) is 19.2. The van der Waals surface area contributed by atoms with E-state index in [1.54, 1.807) is 37.3 Å². The first-order chi connectivity index (χ1) is 14.1. The number of urea groups is 1. The minimum Gasteiger partial charge on any atom is -0.491 e. The highest BCUT2D eigenvalue weighted by Gasteiger charge is 2.27. The summed E-state index contributed by atoms with van der Waals surface area (Å²) in [5.74, 6) is 0.572. The number of nitrogens with one attached hydrogen (secondary N) is 2. The van der Waals surface area contributed by atoms with Crippen LogP contribution in [0.2, 0.25) is 0 Å². The first-order valence-corrected chi connectivity index (χ1v) is 10.4. The van der Waals surface area contributed by atoms with E-state index in [1.165, 1.54) is 0 Å². The number of rotatable bonds is 3. The fourth-order valence-electron chi connectivity index (χ4n) is 3.46. The number of carbonyl (C=O) groups is 2. The molecule has 0 aliphatic carbocycles. The molecule has 8 heteroatoms. The number of nitrogens with zero attached hydrogens (tertiary/aromatic N) is 2. The van der Waals surface area contributed by atoms with Crippen LogP contribution in [0.5, 0.6) is 5.75 Å². The molecule has 0 saturated carbocycles. The van der Waals surface area contributed by atoms with Gasteiger partial charge in [0.1, 0.15) is 12.4 Å². The van der Waals surface area contributed by atoms with Crippen LogP contribution in [0.25, 0.3) is 0 Å². The van der Waals surface area contributed by atoms with Crippen LogP contribution in [-0.4, -0.2) is 80.8 Å². The van der Waals surface area contributed by atoms with Gasteiger partial charge in [-0.3, -0.25) is 9.69 Å². The lowest BCUT2D eigenvalue weighted by Gasteiger charge is -2.34. The molecule has 2 rings (SSSR count). The number of anilines is 1. The fourth-order valence-corrected chi connectivity index (χ4v) is 3.46. The maximum absolute atomic E-state index is 13.2. The van der Waals surface area contributed by atoms with E-state index in [-0.39, 0.29) is 36.0 Å². The van der Waals surface area contributed by atoms with E-state index in [2.05, 4.69) is 36.4 Å². The number of hydrogen-bond acceptors (Lipinski definition) is 5. The standard InChI is InChI=1S/C22H36N4O4/c1-14(2)23-22(28)24-17-8-9-19-18(10-17)21(27)26(6)12-20(29-7)15(3)11-25(5)16(4)13-30-19/h8-10,14-16,20H,11-13H2,1-7H3,(H2,23,24,28)/t15-,16-,20+/m1/s1. The number of fused-ring (bicyclic) bond motifs is 1. The molecule has 0 spiro atoms. The van der Waals surface area contributed by atoms with Crippen molar-refractivity contribution in [2.75, 3.05) is 46.2 Å². The van der Waals surface area contributed by atoms with Crippen molar-refractivity contribution < 1.29 is 19.1 Å². The summed E-state index contributed by atoms with van der Waals surface area (Å²) in [4.78, 5) is 29.2. The number of likely N-dealkylation sites (N-methyl/N-ethyl adjacent to an activating group) is 2. The summed E-state index contributed by atoms with van der Waals surface area (Å²) in [5, 5.41) is 5.56. The van der Waals surface area contributed by atoms with Gasteiger partial charge >= 0.3 is 6.03 Å². The van der Waals surface area contributed by atoms with E-state index < -0.39 is 0 Å². The van der Waals surface area contributed by atoms with Crippen LogP contribution >= 0.6 is 0 Å². The maximum atomic E-state index is 13.2. The molecule has 0 saturated heterocycles. The third-order valence-electron chi connectivity index (χ3n) is 5.43. The van der Waals surface area contributed by atoms with Gasteiger partial charge in [0.25, 0.3) is 5.91 Å². The van der Waals surface area contributed by atoms with Crippen molar-refractivity contribution in [3.05, 3.63) is 23.8 Å². The highest BCUT2D eigenvalue weighted by molar-refractivity contribution is 5.99. The molecule has 0 aromatic heterocycles. The minimum atomic E-state index is -0.316. The predicted octanol–water partition coefficient (Wildman–Crippen LogP) is 2.65. The summed E-state index contributed by atoms with van der Waals surface area (Å²) < 4.78 is 11.7. The predicted molar refractivity (Wildman–Crippen MR) is 118 cm³/mol. The van der Waals surface area contributed by atoms with Crippen LogP contribution in [-0.2, 0) is 4.74 Å². The van der Waals surface area contributed by atoms with Crippen LogP contribution in [0.4, 0.5) is 10.5 Å². The van der Waals surface area contributed by atoms with Gasteiger partial charge < -0.3 is 25.0 Å². The lowest BCUT2D eigenvalue weighted by Crippen LogP contribution is -2.45. The molecule has 1 aromatic carbocycles. The van der Waals surface area contributed by atoms with Gasteiger partial charge in [0.15, 0.2) is 0 Å². The van der Waals surface area contributed by atoms with Gasteiger partial charge in [-0.25, -0.2) is 4.79 Å². The lowest BCUT2D eigenvalue weighted by molar-refractivity contribution is 0.0150. The van der Waals surface area contributed by atoms with E-state index in [1.807, 2.05) is 13.8 Å². The average molecular weight is 421 g/mol. The second kappa shape index (κ2) is 10.6. The molecule has 168 valence electrons. The SMILES string of the molecule is CO[C@H]1CN(C)C(=O)c2cc(NC(=O)NC(C)C)ccc2OC[C@@H](C)N(C)C[C@H]1C. The number of carbonyl (C=O) groups excluding carboxylic acids is 2. The summed E-state index contributed by atoms with van der Waals surface area (Å²) in [6.45, 7) is 9.75. The molecule has 1 aliphatic heterocycles. The van der Waals surface area contributed by atoms with Gasteiger partial charge in [0.2, 0.25) is 0 Å². The normalized spacial score (nSPS) is 23.8. The second-order valence-electron chi connectivity index (χ2n) is 8.50. The molecule has 30 heavy (non-hydrogen) atoms. The Labute approximate surface area is 179 Å². The molecule has 3 atom stereocenters. The second-order valence-corrected chi connectivity index (χ2v) is 8.50. The van der Waals surface area contributed by atoms with Crippen molar-refractivity contribution in [2.45, 2.75) is 45.9 Å². The molecule has 3 amide bonds. The quantitative estimate of drug-likeness (QED) is 0.786. The highest BCUT2D eigenvalue weighted by atomic mass is 16.5. The molecular formula is C22H36N4O4. The molecule has 1 heterocycles. The van der Waals surface area contributed by atoms with E-state index >= 15 is 0 Å². The first-order valence-electron chi connectivity index (χ1n) is 10.4. The maximum Gasteiger partial charge on any atom is 0.319 e. The highest BCUT2D eigenvalue weighted by Crippen LogP contribution is 2.26. The number of amides is 3. The molecule has 0 fully saturated rings. The molecule has 2 N–H and O–H groups in total. The number of ether oxygens (including phenoxy) is 2. The Balaban J connectivity index is 2.35. The Bertz CT molecular complexity index is 740. The first kappa shape index (κ1) is 24.0. The number of benzene rings is 1. The molecular weight excluding hydrogens is 384 g/mol. The molecule has 1 aliphatic rings. The van der Waals surface area contributed by atoms with Crippen molar-refractivity contribution in [3.8, 4) is 5.75 Å². The molecule has 8 nitrogen and oxygen atoms in total. The Morgan fingerprint density at radius 2 is 1.93 bits per heavy atom. The van der Waals surface area contributed by atoms with Gasteiger partial charge in [0.05, 0.1) is 11.7 Å². The smallest absolute Gasteiger partial charge is 0.319 e. The van der Waals surface area contributed by atoms with E-state index in [9.17, 15) is 9.59 Å². The summed E-state index contributed by atoms with van der Waals surface area (Å²) in [7, 11) is 5.51. The van der Waals surface area contributed by atoms with E-state index in [4.69, 9.17) is 9.47 Å². The third kappa shape index (κ3) is 6.34. The van der Waals surface area contributed by atoms with Gasteiger partial charge in [0, 0.05) is 45.0 Å². The zero-order chi connectivity index (χ0) is 22.4. The molecule has 1 aromatic rings. The summed E-state index contributed by atoms with van der Waals surface area (Å²) in [6, 6.07) is 5.01. The molecule has 0 bridgehead atoms. The lowest BCUT2D eigenvalue weighted by atomic mass is 10.0. The van der Waals surface area contributed by atoms with Gasteiger partial charge in [-0.15, -0.1) is 0 Å². The largest absolute Gasteiger partial charge is 0.491 e. The fraction of sp³-hybridized carbons (Fsp3) is 0.636. The monoisotopic (exact) mass is 420 g/mol. The van der Waals surface area contributed by atoms with Crippen LogP contribution in [0, 0.1) is 5.92 Å².